The van der Waals surface area contributed by atoms with E-state index < -0.39 is 23.5 Å². The first-order valence-corrected chi connectivity index (χ1v) is 14.7. The van der Waals surface area contributed by atoms with Crippen molar-refractivity contribution in [2.45, 2.75) is 57.5 Å². The Kier molecular flexibility index (Phi) is 7.57. The summed E-state index contributed by atoms with van der Waals surface area (Å²) < 4.78 is 21.8. The highest BCUT2D eigenvalue weighted by Gasteiger charge is 2.46. The van der Waals surface area contributed by atoms with Gasteiger partial charge in [0, 0.05) is 34.6 Å². The van der Waals surface area contributed by atoms with Crippen LogP contribution in [0.15, 0.2) is 59.7 Å². The fourth-order valence-corrected chi connectivity index (χ4v) is 6.12. The lowest BCUT2D eigenvalue weighted by Crippen LogP contribution is -2.41. The fraction of sp³-hybridized carbons (Fsp3) is 0.333. The lowest BCUT2D eigenvalue weighted by molar-refractivity contribution is 0.0930. The minimum Gasteiger partial charge on any atom is -0.453 e. The Bertz CT molecular complexity index is 1820. The molecule has 2 aromatic heterocycles. The van der Waals surface area contributed by atoms with Crippen molar-refractivity contribution in [2.75, 3.05) is 12.4 Å². The standard InChI is InChI=1S/C32H29ClFN5O4.CH4/c1-43-31(42)36-20-7-4-18(5-8-20)24-15-35-29(37-24)25(12-17-2-3-17)39-16-22-21(13-26(39)40)27-19(6-9-23(33)28(27)34)14-32(10-11-32)38-30(22)41;/h4-9,13,15-17,25H,2-3,10-12,14H2,1H3,(H,35,37)(H,36,42)(H,38,41);1H4/t25-;/m1./s1. The second kappa shape index (κ2) is 11.2. The SMILES string of the molecule is C.COC(=O)Nc1ccc(-c2cnc([C@@H](CC3CC3)n3cc4c(cc3=O)-c3c(ccc(Cl)c3F)CC3(CC3)NC4=O)[nH]2)cc1. The molecule has 2 aromatic carbocycles. The number of aromatic nitrogens is 3. The molecule has 44 heavy (non-hydrogen) atoms. The van der Waals surface area contributed by atoms with Crippen molar-refractivity contribution in [1.29, 1.82) is 0 Å². The number of ether oxygens (including phenoxy) is 1. The number of halogens is 2. The van der Waals surface area contributed by atoms with E-state index in [0.717, 1.165) is 42.5 Å². The first-order valence-electron chi connectivity index (χ1n) is 14.3. The predicted octanol–water partition coefficient (Wildman–Crippen LogP) is 6.72. The van der Waals surface area contributed by atoms with Crippen molar-refractivity contribution in [3.05, 3.63) is 93.0 Å². The number of carbonyl (C=O) groups excluding carboxylic acids is 2. The number of aromatic amines is 1. The molecular formula is C33H33ClFN5O4. The van der Waals surface area contributed by atoms with Crippen LogP contribution in [0.5, 0.6) is 0 Å². The molecule has 2 saturated carbocycles. The number of anilines is 1. The summed E-state index contributed by atoms with van der Waals surface area (Å²) >= 11 is 6.19. The normalized spacial score (nSPS) is 16.8. The van der Waals surface area contributed by atoms with Gasteiger partial charge in [0.1, 0.15) is 11.6 Å². The number of imidazole rings is 1. The number of nitrogens with zero attached hydrogens (tertiary/aromatic N) is 2. The van der Waals surface area contributed by atoms with Gasteiger partial charge in [0.05, 0.1) is 35.6 Å². The van der Waals surface area contributed by atoms with Gasteiger partial charge in [-0.3, -0.25) is 14.9 Å². The van der Waals surface area contributed by atoms with Crippen LogP contribution in [0.4, 0.5) is 14.9 Å². The van der Waals surface area contributed by atoms with Gasteiger partial charge in [-0.1, -0.05) is 50.1 Å². The largest absolute Gasteiger partial charge is 0.453 e. The Morgan fingerprint density at radius 2 is 1.93 bits per heavy atom. The molecule has 0 unspecified atom stereocenters. The van der Waals surface area contributed by atoms with Crippen molar-refractivity contribution in [3.63, 3.8) is 0 Å². The Morgan fingerprint density at radius 3 is 2.61 bits per heavy atom. The molecule has 228 valence electrons. The van der Waals surface area contributed by atoms with E-state index in [4.69, 9.17) is 11.6 Å². The maximum absolute atomic E-state index is 15.6. The molecule has 9 nitrogen and oxygen atoms in total. The summed E-state index contributed by atoms with van der Waals surface area (Å²) in [4.78, 5) is 47.0. The van der Waals surface area contributed by atoms with E-state index in [1.54, 1.807) is 35.2 Å². The lowest BCUT2D eigenvalue weighted by atomic mass is 9.89. The van der Waals surface area contributed by atoms with Gasteiger partial charge in [-0.2, -0.15) is 0 Å². The molecule has 0 radical (unpaired) electrons. The summed E-state index contributed by atoms with van der Waals surface area (Å²) in [5.74, 6) is 0.0512. The predicted molar refractivity (Wildman–Crippen MR) is 167 cm³/mol. The van der Waals surface area contributed by atoms with Crippen molar-refractivity contribution in [3.8, 4) is 22.4 Å². The van der Waals surface area contributed by atoms with Gasteiger partial charge in [-0.25, -0.2) is 14.2 Å². The quantitative estimate of drug-likeness (QED) is 0.222. The van der Waals surface area contributed by atoms with Crippen molar-refractivity contribution in [1.82, 2.24) is 19.9 Å². The number of nitrogens with one attached hydrogen (secondary N) is 3. The van der Waals surface area contributed by atoms with Crippen LogP contribution < -0.4 is 16.2 Å². The zero-order valence-electron chi connectivity index (χ0n) is 23.4. The van der Waals surface area contributed by atoms with E-state index in [2.05, 4.69) is 25.3 Å². The summed E-state index contributed by atoms with van der Waals surface area (Å²) in [6, 6.07) is 11.4. The third-order valence-electron chi connectivity index (χ3n) is 8.66. The number of fused-ring (bicyclic) bond motifs is 3. The number of rotatable bonds is 6. The van der Waals surface area contributed by atoms with Crippen molar-refractivity contribution >= 4 is 29.3 Å². The van der Waals surface area contributed by atoms with Crippen LogP contribution in [-0.4, -0.2) is 39.2 Å². The Morgan fingerprint density at radius 1 is 1.18 bits per heavy atom. The highest BCUT2D eigenvalue weighted by atomic mass is 35.5. The molecule has 0 saturated heterocycles. The summed E-state index contributed by atoms with van der Waals surface area (Å²) in [6.07, 6.45) is 7.55. The zero-order chi connectivity index (χ0) is 29.9. The van der Waals surface area contributed by atoms with Crippen LogP contribution in [0.2, 0.25) is 5.02 Å². The minimum atomic E-state index is -0.624. The summed E-state index contributed by atoms with van der Waals surface area (Å²) in [7, 11) is 1.30. The second-order valence-electron chi connectivity index (χ2n) is 11.7. The van der Waals surface area contributed by atoms with Crippen LogP contribution in [0.1, 0.15) is 67.3 Å². The molecule has 11 heteroatoms. The molecule has 1 aliphatic heterocycles. The number of pyridine rings is 1. The van der Waals surface area contributed by atoms with Crippen LogP contribution in [0, 0.1) is 11.7 Å². The number of methoxy groups -OCH3 is 1. The molecule has 4 aromatic rings. The average Bonchev–Trinajstić information content (AvgIpc) is 3.92. The molecule has 3 heterocycles. The van der Waals surface area contributed by atoms with Gasteiger partial charge < -0.3 is 19.6 Å². The topological polar surface area (TPSA) is 118 Å². The molecule has 3 aliphatic rings. The van der Waals surface area contributed by atoms with Crippen LogP contribution >= 0.6 is 11.6 Å². The van der Waals surface area contributed by atoms with Gasteiger partial charge in [0.15, 0.2) is 0 Å². The second-order valence-corrected chi connectivity index (χ2v) is 12.1. The number of benzene rings is 2. The van der Waals surface area contributed by atoms with E-state index >= 15 is 4.39 Å². The summed E-state index contributed by atoms with van der Waals surface area (Å²) in [6.45, 7) is 0. The smallest absolute Gasteiger partial charge is 0.411 e. The first-order chi connectivity index (χ1) is 20.7. The molecule has 7 rings (SSSR count). The maximum atomic E-state index is 15.6. The van der Waals surface area contributed by atoms with E-state index in [1.165, 1.54) is 19.2 Å². The highest BCUT2D eigenvalue weighted by Crippen LogP contribution is 2.45. The molecule has 3 N–H and O–H groups in total. The third kappa shape index (κ3) is 5.50. The van der Waals surface area contributed by atoms with Gasteiger partial charge in [-0.15, -0.1) is 0 Å². The van der Waals surface area contributed by atoms with Gasteiger partial charge in [0.25, 0.3) is 11.5 Å². The summed E-state index contributed by atoms with van der Waals surface area (Å²) in [5.41, 5.74) is 2.79. The first kappa shape index (κ1) is 29.6. The van der Waals surface area contributed by atoms with Crippen LogP contribution in [-0.2, 0) is 11.2 Å². The maximum Gasteiger partial charge on any atom is 0.411 e. The van der Waals surface area contributed by atoms with E-state index in [0.29, 0.717) is 30.3 Å². The van der Waals surface area contributed by atoms with Crippen molar-refractivity contribution in [2.24, 2.45) is 5.92 Å². The Balaban J connectivity index is 0.00000343. The van der Waals surface area contributed by atoms with E-state index in [-0.39, 0.29) is 40.6 Å². The number of hydrogen-bond donors (Lipinski definition) is 3. The number of H-pyrrole nitrogens is 1. The van der Waals surface area contributed by atoms with Gasteiger partial charge in [-0.05, 0) is 60.9 Å². The van der Waals surface area contributed by atoms with Gasteiger partial charge >= 0.3 is 6.09 Å². The number of hydrogen-bond acceptors (Lipinski definition) is 5. The number of amides is 2. The molecule has 2 fully saturated rings. The minimum absolute atomic E-state index is 0. The fourth-order valence-electron chi connectivity index (χ4n) is 5.96. The Hall–Kier alpha value is -4.44. The number of carbonyl (C=O) groups is 2. The molecular weight excluding hydrogens is 585 g/mol. The van der Waals surface area contributed by atoms with Crippen LogP contribution in [0.3, 0.4) is 0 Å². The lowest BCUT2D eigenvalue weighted by Gasteiger charge is -2.26. The third-order valence-corrected chi connectivity index (χ3v) is 8.96. The molecule has 2 aliphatic carbocycles. The van der Waals surface area contributed by atoms with Gasteiger partial charge in [0.2, 0.25) is 0 Å². The van der Waals surface area contributed by atoms with Crippen molar-refractivity contribution < 1.29 is 18.7 Å². The Labute approximate surface area is 258 Å². The molecule has 0 bridgehead atoms. The molecule has 2 amide bonds. The average molecular weight is 618 g/mol. The van der Waals surface area contributed by atoms with Crippen LogP contribution in [0.25, 0.3) is 22.4 Å². The highest BCUT2D eigenvalue weighted by molar-refractivity contribution is 6.31. The summed E-state index contributed by atoms with van der Waals surface area (Å²) in [5, 5.41) is 5.72. The molecule has 1 atom stereocenters. The van der Waals surface area contributed by atoms with E-state index in [9.17, 15) is 14.4 Å². The van der Waals surface area contributed by atoms with E-state index in [1.807, 2.05) is 12.1 Å². The zero-order valence-corrected chi connectivity index (χ0v) is 24.1. The molecule has 1 spiro atoms. The monoisotopic (exact) mass is 617 g/mol.